The Morgan fingerprint density at radius 1 is 1.55 bits per heavy atom. The maximum absolute atomic E-state index is 9.77. The van der Waals surface area contributed by atoms with Gasteiger partial charge in [0, 0.05) is 13.5 Å². The molecule has 4 N–H and O–H groups in total. The monoisotopic (exact) mass is 395 g/mol. The van der Waals surface area contributed by atoms with Gasteiger partial charge in [-0.1, -0.05) is 0 Å². The first-order chi connectivity index (χ1) is 9.11. The van der Waals surface area contributed by atoms with Crippen LogP contribution in [0.3, 0.4) is 0 Å². The van der Waals surface area contributed by atoms with Crippen molar-refractivity contribution in [3.8, 4) is 0 Å². The second kappa shape index (κ2) is 5.84. The average Bonchev–Trinajstić information content (AvgIpc) is 2.97. The Balaban J connectivity index is 0.00000147. The van der Waals surface area contributed by atoms with Gasteiger partial charge in [0.2, 0.25) is 0 Å². The molecule has 0 aliphatic carbocycles. The maximum Gasteiger partial charge on any atom is 0.162 e. The van der Waals surface area contributed by atoms with Crippen molar-refractivity contribution >= 4 is 29.8 Å². The Morgan fingerprint density at radius 3 is 2.95 bits per heavy atom. The minimum Gasteiger partial charge on any atom is -0.394 e. The number of ether oxygens (including phenoxy) is 1. The number of rotatable bonds is 2. The van der Waals surface area contributed by atoms with Crippen LogP contribution in [-0.4, -0.2) is 57.2 Å². The van der Waals surface area contributed by atoms with Gasteiger partial charge in [-0.05, 0) is 0 Å². The number of imidazole rings is 1. The van der Waals surface area contributed by atoms with Gasteiger partial charge in [0.25, 0.3) is 0 Å². The standard InChI is InChI=1S/C11H17N5O3.HI/c1-15-4-14-11-9(10(15)12)13-5-16(11)8-2-6(18)7(3-17)19-8;/h5-8,17-18H,2-4,12H2,1H3;1H/t6-,7+,8+;/m0./s1. The molecule has 8 nitrogen and oxygen atoms in total. The van der Waals surface area contributed by atoms with Gasteiger partial charge >= 0.3 is 0 Å². The van der Waals surface area contributed by atoms with Crippen LogP contribution >= 0.6 is 24.0 Å². The number of aromatic nitrogens is 2. The molecule has 0 bridgehead atoms. The fraction of sp³-hybridized carbons (Fsp3) is 0.636. The Kier molecular flexibility index (Phi) is 4.52. The molecule has 1 saturated heterocycles. The molecule has 112 valence electrons. The number of nitrogens with zero attached hydrogens (tertiary/aromatic N) is 4. The molecule has 2 aliphatic heterocycles. The van der Waals surface area contributed by atoms with Gasteiger partial charge in [-0.15, -0.1) is 24.0 Å². The van der Waals surface area contributed by atoms with Crippen LogP contribution in [0.25, 0.3) is 5.82 Å². The van der Waals surface area contributed by atoms with Crippen molar-refractivity contribution in [3.05, 3.63) is 17.2 Å². The van der Waals surface area contributed by atoms with Crippen molar-refractivity contribution in [2.75, 3.05) is 20.3 Å². The van der Waals surface area contributed by atoms with E-state index in [4.69, 9.17) is 15.6 Å². The summed E-state index contributed by atoms with van der Waals surface area (Å²) in [6, 6.07) is 0. The van der Waals surface area contributed by atoms with Crippen molar-refractivity contribution in [2.24, 2.45) is 10.7 Å². The number of nitrogens with two attached hydrogens (primary N) is 1. The van der Waals surface area contributed by atoms with Gasteiger partial charge in [-0.25, -0.2) is 9.98 Å². The predicted octanol–water partition coefficient (Wildman–Crippen LogP) is -2.31. The first-order valence-electron chi connectivity index (χ1n) is 6.14. The smallest absolute Gasteiger partial charge is 0.162 e. The third-order valence-electron chi connectivity index (χ3n) is 3.55. The summed E-state index contributed by atoms with van der Waals surface area (Å²) in [5, 5.41) is 19.5. The number of fused-ring (bicyclic) bond motifs is 1. The topological polar surface area (TPSA) is 109 Å². The summed E-state index contributed by atoms with van der Waals surface area (Å²) in [6.07, 6.45) is 0.399. The molecule has 0 radical (unpaired) electrons. The van der Waals surface area contributed by atoms with E-state index in [1.54, 1.807) is 15.8 Å². The molecule has 9 heteroatoms. The zero-order valence-electron chi connectivity index (χ0n) is 11.0. The quantitative estimate of drug-likeness (QED) is 0.486. The Bertz CT molecular complexity index is 604. The maximum atomic E-state index is 9.77. The summed E-state index contributed by atoms with van der Waals surface area (Å²) in [5.41, 5.74) is 6.62. The van der Waals surface area contributed by atoms with Crippen LogP contribution in [0.5, 0.6) is 0 Å². The van der Waals surface area contributed by atoms with Gasteiger partial charge < -0.3 is 25.6 Å². The fourth-order valence-electron chi connectivity index (χ4n) is 2.38. The molecule has 0 amide bonds. The van der Waals surface area contributed by atoms with Gasteiger partial charge in [0.15, 0.2) is 5.49 Å². The molecule has 0 unspecified atom stereocenters. The van der Waals surface area contributed by atoms with E-state index in [1.165, 1.54) is 0 Å². The minimum absolute atomic E-state index is 0. The normalized spacial score (nSPS) is 28.9. The van der Waals surface area contributed by atoms with Crippen molar-refractivity contribution < 1.29 is 14.9 Å². The van der Waals surface area contributed by atoms with Gasteiger partial charge in [0.1, 0.15) is 30.2 Å². The van der Waals surface area contributed by atoms with Crippen LogP contribution in [0.2, 0.25) is 0 Å². The van der Waals surface area contributed by atoms with Crippen molar-refractivity contribution in [3.63, 3.8) is 0 Å². The van der Waals surface area contributed by atoms with E-state index in [2.05, 4.69) is 9.98 Å². The summed E-state index contributed by atoms with van der Waals surface area (Å²) in [4.78, 5) is 10.5. The van der Waals surface area contributed by atoms with E-state index in [-0.39, 0.29) is 36.8 Å². The molecular weight excluding hydrogens is 377 g/mol. The minimum atomic E-state index is -0.680. The lowest BCUT2D eigenvalue weighted by Gasteiger charge is -2.19. The summed E-state index contributed by atoms with van der Waals surface area (Å²) in [6.45, 7) is 0.256. The Labute approximate surface area is 132 Å². The number of hydrogen-bond donors (Lipinski definition) is 3. The van der Waals surface area contributed by atoms with E-state index >= 15 is 0 Å². The van der Waals surface area contributed by atoms with Gasteiger partial charge in [-0.3, -0.25) is 4.57 Å². The third kappa shape index (κ3) is 2.38. The molecule has 3 heterocycles. The zero-order chi connectivity index (χ0) is 13.6. The molecule has 1 aromatic heterocycles. The van der Waals surface area contributed by atoms with E-state index in [0.29, 0.717) is 29.7 Å². The van der Waals surface area contributed by atoms with Crippen molar-refractivity contribution in [2.45, 2.75) is 24.9 Å². The third-order valence-corrected chi connectivity index (χ3v) is 3.55. The fourth-order valence-corrected chi connectivity index (χ4v) is 2.38. The van der Waals surface area contributed by atoms with Crippen molar-refractivity contribution in [1.29, 1.82) is 0 Å². The lowest BCUT2D eigenvalue weighted by atomic mass is 10.2. The second-order valence-electron chi connectivity index (χ2n) is 4.82. The number of hydrogen-bond acceptors (Lipinski definition) is 7. The number of aliphatic hydroxyl groups is 2. The summed E-state index contributed by atoms with van der Waals surface area (Å²) >= 11 is 0. The first kappa shape index (κ1) is 15.5. The van der Waals surface area contributed by atoms with E-state index in [9.17, 15) is 5.11 Å². The largest absolute Gasteiger partial charge is 0.394 e. The Hall–Kier alpha value is -0.910. The van der Waals surface area contributed by atoms with Crippen LogP contribution in [0.4, 0.5) is 0 Å². The van der Waals surface area contributed by atoms with Crippen LogP contribution < -0.4 is 16.6 Å². The average molecular weight is 395 g/mol. The van der Waals surface area contributed by atoms with Crippen LogP contribution in [0.15, 0.2) is 11.3 Å². The molecule has 3 rings (SSSR count). The van der Waals surface area contributed by atoms with Crippen molar-refractivity contribution in [1.82, 2.24) is 14.5 Å². The zero-order valence-corrected chi connectivity index (χ0v) is 13.3. The highest BCUT2D eigenvalue weighted by molar-refractivity contribution is 14.0. The molecule has 1 aromatic rings. The molecule has 2 aliphatic rings. The molecule has 3 atom stereocenters. The molecule has 0 saturated carbocycles. The number of halogens is 1. The molecule has 1 fully saturated rings. The lowest BCUT2D eigenvalue weighted by Crippen LogP contribution is -2.45. The van der Waals surface area contributed by atoms with E-state index in [0.717, 1.165) is 0 Å². The second-order valence-corrected chi connectivity index (χ2v) is 4.82. The van der Waals surface area contributed by atoms with Crippen LogP contribution in [0.1, 0.15) is 12.6 Å². The van der Waals surface area contributed by atoms with E-state index < -0.39 is 12.2 Å². The lowest BCUT2D eigenvalue weighted by molar-refractivity contribution is -0.0456. The van der Waals surface area contributed by atoms with Gasteiger partial charge in [-0.2, -0.15) is 0 Å². The van der Waals surface area contributed by atoms with Crippen LogP contribution in [0, 0.1) is 0 Å². The first-order valence-corrected chi connectivity index (χ1v) is 6.14. The number of aliphatic hydroxyl groups excluding tert-OH is 2. The Morgan fingerprint density at radius 2 is 2.30 bits per heavy atom. The van der Waals surface area contributed by atoms with E-state index in [1.807, 2.05) is 7.05 Å². The van der Waals surface area contributed by atoms with Crippen LogP contribution in [-0.2, 0) is 4.74 Å². The highest BCUT2D eigenvalue weighted by Gasteiger charge is 2.35. The highest BCUT2D eigenvalue weighted by Crippen LogP contribution is 2.26. The molecule has 0 aromatic carbocycles. The SMILES string of the molecule is CN1CN=c2c(ncn2[C@H]2C[C@H](O)[C@@H](CO)O2)=C1N.I. The molecule has 20 heavy (non-hydrogen) atoms. The highest BCUT2D eigenvalue weighted by atomic mass is 127. The molecular formula is C11H18IN5O3. The summed E-state index contributed by atoms with van der Waals surface area (Å²) in [7, 11) is 1.85. The summed E-state index contributed by atoms with van der Waals surface area (Å²) in [5.74, 6) is 0.570. The molecule has 0 spiro atoms. The van der Waals surface area contributed by atoms with Gasteiger partial charge in [0.05, 0.1) is 19.0 Å². The summed E-state index contributed by atoms with van der Waals surface area (Å²) < 4.78 is 7.35. The predicted molar refractivity (Wildman–Crippen MR) is 80.3 cm³/mol.